The molecule has 0 spiro atoms. The van der Waals surface area contributed by atoms with Gasteiger partial charge in [-0.15, -0.1) is 0 Å². The van der Waals surface area contributed by atoms with Crippen molar-refractivity contribution in [3.8, 4) is 0 Å². The summed E-state index contributed by atoms with van der Waals surface area (Å²) in [6, 6.07) is 14.0. The van der Waals surface area contributed by atoms with Crippen LogP contribution in [0.4, 0.5) is 0 Å². The smallest absolute Gasteiger partial charge is 0.367 e. The topological polar surface area (TPSA) is 99.1 Å². The average molecular weight is 468 g/mol. The molecule has 0 heterocycles. The molecule has 0 amide bonds. The Balaban J connectivity index is 2.06. The summed E-state index contributed by atoms with van der Waals surface area (Å²) in [5, 5.41) is 3.30. The summed E-state index contributed by atoms with van der Waals surface area (Å²) in [5.74, 6) is -0.703. The van der Waals surface area contributed by atoms with Crippen LogP contribution in [0.1, 0.15) is 23.6 Å². The van der Waals surface area contributed by atoms with E-state index >= 15 is 0 Å². The van der Waals surface area contributed by atoms with Gasteiger partial charge in [-0.1, -0.05) is 70.6 Å². The quantitative estimate of drug-likeness (QED) is 0.199. The number of benzene rings is 2. The van der Waals surface area contributed by atoms with E-state index in [0.717, 1.165) is 22.9 Å². The van der Waals surface area contributed by atoms with Crippen LogP contribution in [0.15, 0.2) is 58.6 Å². The van der Waals surface area contributed by atoms with E-state index in [2.05, 4.69) is 9.89 Å². The second-order valence-electron chi connectivity index (χ2n) is 6.18. The molecule has 0 N–H and O–H groups in total. The lowest BCUT2D eigenvalue weighted by Gasteiger charge is -2.06. The first-order valence-corrected chi connectivity index (χ1v) is 12.1. The molecule has 0 saturated heterocycles. The first-order valence-electron chi connectivity index (χ1n) is 8.72. The first-order chi connectivity index (χ1) is 14.2. The molecule has 0 aliphatic rings. The van der Waals surface area contributed by atoms with Crippen LogP contribution in [0, 0.1) is 6.92 Å². The largest absolute Gasteiger partial charge is 0.464 e. The van der Waals surface area contributed by atoms with Gasteiger partial charge in [-0.05, 0) is 30.2 Å². The number of esters is 1. The van der Waals surface area contributed by atoms with E-state index in [4.69, 9.17) is 4.28 Å². The van der Waals surface area contributed by atoms with Gasteiger partial charge in [-0.2, -0.15) is 8.42 Å². The van der Waals surface area contributed by atoms with Gasteiger partial charge in [0.25, 0.3) is 0 Å². The summed E-state index contributed by atoms with van der Waals surface area (Å²) in [5.41, 5.74) is 2.44. The molecule has 0 unspecified atom stereocenters. The highest BCUT2D eigenvalue weighted by Crippen LogP contribution is 2.22. The van der Waals surface area contributed by atoms with Crippen LogP contribution >= 0.6 is 23.5 Å². The Morgan fingerprint density at radius 3 is 2.17 bits per heavy atom. The summed E-state index contributed by atoms with van der Waals surface area (Å²) in [7, 11) is -2.90. The normalized spacial score (nSPS) is 11.8. The van der Waals surface area contributed by atoms with Gasteiger partial charge in [0.1, 0.15) is 5.75 Å². The molecule has 2 aromatic rings. The molecule has 2 aromatic carbocycles. The van der Waals surface area contributed by atoms with Gasteiger partial charge in [-0.3, -0.25) is 9.08 Å². The molecule has 0 saturated carbocycles. The van der Waals surface area contributed by atoms with Gasteiger partial charge in [0.05, 0.1) is 7.11 Å². The molecule has 0 aliphatic carbocycles. The summed E-state index contributed by atoms with van der Waals surface area (Å²) in [6.45, 7) is 3.41. The van der Waals surface area contributed by atoms with Gasteiger partial charge in [-0.25, -0.2) is 4.79 Å². The van der Waals surface area contributed by atoms with Crippen LogP contribution in [0.3, 0.4) is 0 Å². The van der Waals surface area contributed by atoms with Crippen LogP contribution in [0.25, 0.3) is 0 Å². The molecule has 30 heavy (non-hydrogen) atoms. The van der Waals surface area contributed by atoms with Crippen LogP contribution in [0.2, 0.25) is 0 Å². The highest BCUT2D eigenvalue weighted by atomic mass is 32.2. The fourth-order valence-electron chi connectivity index (χ4n) is 2.14. The zero-order chi connectivity index (χ0) is 22.1. The predicted molar refractivity (Wildman–Crippen MR) is 119 cm³/mol. The van der Waals surface area contributed by atoms with Crippen molar-refractivity contribution < 1.29 is 27.0 Å². The average Bonchev–Trinajstić information content (AvgIpc) is 2.71. The number of hydrogen-bond acceptors (Lipinski definition) is 9. The minimum Gasteiger partial charge on any atom is -0.464 e. The van der Waals surface area contributed by atoms with Crippen LogP contribution in [0.5, 0.6) is 0 Å². The van der Waals surface area contributed by atoms with E-state index in [-0.39, 0.29) is 10.2 Å². The summed E-state index contributed by atoms with van der Waals surface area (Å²) >= 11 is 2.12. The maximum absolute atomic E-state index is 12.3. The number of nitrogens with zero attached hydrogens (tertiary/aromatic N) is 1. The van der Waals surface area contributed by atoms with Crippen molar-refractivity contribution in [1.29, 1.82) is 0 Å². The van der Waals surface area contributed by atoms with Gasteiger partial charge in [0.2, 0.25) is 5.04 Å². The van der Waals surface area contributed by atoms with Crippen LogP contribution < -0.4 is 0 Å². The summed E-state index contributed by atoms with van der Waals surface area (Å²) in [4.78, 5) is 23.6. The monoisotopic (exact) mass is 467 g/mol. The number of hydrogen-bond donors (Lipinski definition) is 0. The standard InChI is InChI=1S/C20H21NO6S3/c1-14-4-10-18(11-5-14)29-19(20(23)26-3)21-27-30(24,25)13-17-8-6-16(7-9-17)12-28-15(2)22/h4-11H,12-13H2,1-3H3/b21-19-. The Bertz CT molecular complexity index is 1020. The van der Waals surface area contributed by atoms with Gasteiger partial charge in [0.15, 0.2) is 5.12 Å². The Morgan fingerprint density at radius 2 is 1.60 bits per heavy atom. The molecule has 0 atom stereocenters. The Morgan fingerprint density at radius 1 is 1.00 bits per heavy atom. The maximum Gasteiger partial charge on any atom is 0.367 e. The van der Waals surface area contributed by atoms with Crippen molar-refractivity contribution in [2.45, 2.75) is 30.2 Å². The lowest BCUT2D eigenvalue weighted by Crippen LogP contribution is -2.14. The molecule has 0 aliphatic heterocycles. The Kier molecular flexibility index (Phi) is 8.94. The number of ether oxygens (including phenoxy) is 1. The van der Waals surface area contributed by atoms with E-state index in [1.54, 1.807) is 36.4 Å². The number of oxime groups is 1. The number of carbonyl (C=O) groups excluding carboxylic acids is 2. The molecule has 0 radical (unpaired) electrons. The highest BCUT2D eigenvalue weighted by Gasteiger charge is 2.19. The number of thioether (sulfide) groups is 2. The van der Waals surface area contributed by atoms with E-state index in [9.17, 15) is 18.0 Å². The number of carbonyl (C=O) groups is 2. The summed E-state index contributed by atoms with van der Waals surface area (Å²) < 4.78 is 33.9. The van der Waals surface area contributed by atoms with E-state index in [1.807, 2.05) is 19.1 Å². The minimum atomic E-state index is -4.08. The van der Waals surface area contributed by atoms with Crippen molar-refractivity contribution >= 4 is 49.8 Å². The van der Waals surface area contributed by atoms with Gasteiger partial charge in [0, 0.05) is 17.6 Å². The van der Waals surface area contributed by atoms with Crippen LogP contribution in [-0.4, -0.2) is 31.7 Å². The molecule has 0 fully saturated rings. The predicted octanol–water partition coefficient (Wildman–Crippen LogP) is 3.90. The fraction of sp³-hybridized carbons (Fsp3) is 0.250. The molecule has 7 nitrogen and oxygen atoms in total. The lowest BCUT2D eigenvalue weighted by molar-refractivity contribution is -0.132. The highest BCUT2D eigenvalue weighted by molar-refractivity contribution is 8.15. The molecule has 0 aromatic heterocycles. The zero-order valence-electron chi connectivity index (χ0n) is 16.7. The zero-order valence-corrected chi connectivity index (χ0v) is 19.1. The second-order valence-corrected chi connectivity index (χ2v) is 9.94. The van der Waals surface area contributed by atoms with Crippen molar-refractivity contribution in [3.63, 3.8) is 0 Å². The van der Waals surface area contributed by atoms with Crippen molar-refractivity contribution in [2.75, 3.05) is 7.11 Å². The van der Waals surface area contributed by atoms with Crippen molar-refractivity contribution in [1.82, 2.24) is 0 Å². The van der Waals surface area contributed by atoms with E-state index < -0.39 is 21.8 Å². The molecule has 2 rings (SSSR count). The number of rotatable bonds is 7. The minimum absolute atomic E-state index is 0.0119. The lowest BCUT2D eigenvalue weighted by atomic mass is 10.2. The maximum atomic E-state index is 12.3. The molecule has 0 bridgehead atoms. The Labute approximate surface area is 184 Å². The third-order valence-corrected chi connectivity index (χ3v) is 6.45. The fourth-order valence-corrected chi connectivity index (χ4v) is 4.33. The SMILES string of the molecule is COC(=O)/C(=N/OS(=O)(=O)Cc1ccc(CSC(C)=O)cc1)Sc1ccc(C)cc1. The number of methoxy groups -OCH3 is 1. The van der Waals surface area contributed by atoms with Crippen LogP contribution in [-0.2, 0) is 40.2 Å². The number of aryl methyl sites for hydroxylation is 1. The molecule has 10 heteroatoms. The van der Waals surface area contributed by atoms with Crippen molar-refractivity contribution in [3.05, 3.63) is 65.2 Å². The van der Waals surface area contributed by atoms with Gasteiger partial charge < -0.3 is 4.74 Å². The van der Waals surface area contributed by atoms with E-state index in [0.29, 0.717) is 16.2 Å². The van der Waals surface area contributed by atoms with Crippen molar-refractivity contribution in [2.24, 2.45) is 5.16 Å². The first kappa shape index (κ1) is 24.0. The second kappa shape index (κ2) is 11.2. The molecular weight excluding hydrogens is 446 g/mol. The third kappa shape index (κ3) is 8.21. The summed E-state index contributed by atoms with van der Waals surface area (Å²) in [6.07, 6.45) is 0. The molecule has 160 valence electrons. The van der Waals surface area contributed by atoms with Gasteiger partial charge >= 0.3 is 16.1 Å². The Hall–Kier alpha value is -2.30. The van der Waals surface area contributed by atoms with E-state index in [1.165, 1.54) is 25.8 Å². The molecular formula is C20H21NO6S3. The third-order valence-electron chi connectivity index (χ3n) is 3.64.